The maximum atomic E-state index is 12.7. The summed E-state index contributed by atoms with van der Waals surface area (Å²) in [4.78, 5) is 42.8. The fraction of sp³-hybridized carbons (Fsp3) is 0.400. The number of anilines is 1. The van der Waals surface area contributed by atoms with E-state index in [0.717, 1.165) is 12.0 Å². The van der Waals surface area contributed by atoms with Gasteiger partial charge in [0.25, 0.3) is 5.91 Å². The highest BCUT2D eigenvalue weighted by molar-refractivity contribution is 7.14. The van der Waals surface area contributed by atoms with E-state index >= 15 is 0 Å². The van der Waals surface area contributed by atoms with Crippen molar-refractivity contribution in [2.24, 2.45) is 5.92 Å². The molecule has 0 bridgehead atoms. The number of carbonyl (C=O) groups excluding carboxylic acids is 3. The predicted molar refractivity (Wildman–Crippen MR) is 107 cm³/mol. The molecule has 0 saturated carbocycles. The molecule has 1 saturated heterocycles. The quantitative estimate of drug-likeness (QED) is 0.778. The summed E-state index contributed by atoms with van der Waals surface area (Å²) >= 11 is 1.18. The molecule has 1 N–H and O–H groups in total. The molecule has 0 aliphatic carbocycles. The van der Waals surface area contributed by atoms with Gasteiger partial charge in [-0.3, -0.25) is 9.59 Å². The van der Waals surface area contributed by atoms with E-state index < -0.39 is 5.97 Å². The van der Waals surface area contributed by atoms with Gasteiger partial charge < -0.3 is 15.0 Å². The van der Waals surface area contributed by atoms with Gasteiger partial charge in [-0.25, -0.2) is 9.78 Å². The van der Waals surface area contributed by atoms with E-state index in [1.165, 1.54) is 11.3 Å². The van der Waals surface area contributed by atoms with Crippen molar-refractivity contribution >= 4 is 34.3 Å². The van der Waals surface area contributed by atoms with E-state index in [1.54, 1.807) is 17.2 Å². The van der Waals surface area contributed by atoms with Crippen LogP contribution in [0.25, 0.3) is 0 Å². The first-order valence-electron chi connectivity index (χ1n) is 9.27. The van der Waals surface area contributed by atoms with E-state index in [-0.39, 0.29) is 30.0 Å². The normalized spacial score (nSPS) is 16.5. The summed E-state index contributed by atoms with van der Waals surface area (Å²) in [5.74, 6) is -1.06. The molecule has 0 spiro atoms. The molecule has 1 atom stereocenters. The standard InChI is InChI=1S/C20H23N3O4S/c1-3-27-19(26)16-12-28-20(21-16)22-17(24)15-5-4-10-23(11-15)18(25)14-8-6-13(2)7-9-14/h6-9,12,15H,3-5,10-11H2,1-2H3,(H,21,22,24)/t15-/m1/s1. The van der Waals surface area contributed by atoms with Crippen LogP contribution in [0.1, 0.15) is 46.2 Å². The van der Waals surface area contributed by atoms with Gasteiger partial charge >= 0.3 is 5.97 Å². The van der Waals surface area contributed by atoms with Crippen LogP contribution in [-0.2, 0) is 9.53 Å². The highest BCUT2D eigenvalue weighted by Gasteiger charge is 2.29. The van der Waals surface area contributed by atoms with Crippen LogP contribution < -0.4 is 5.32 Å². The second-order valence-electron chi connectivity index (χ2n) is 6.70. The lowest BCUT2D eigenvalue weighted by Crippen LogP contribution is -2.43. The first-order chi connectivity index (χ1) is 13.5. The fourth-order valence-corrected chi connectivity index (χ4v) is 3.77. The molecule has 1 aliphatic heterocycles. The Morgan fingerprint density at radius 1 is 1.29 bits per heavy atom. The molecule has 1 fully saturated rings. The Balaban J connectivity index is 1.60. The lowest BCUT2D eigenvalue weighted by atomic mass is 9.96. The van der Waals surface area contributed by atoms with Crippen LogP contribution in [0, 0.1) is 12.8 Å². The molecular weight excluding hydrogens is 378 g/mol. The summed E-state index contributed by atoms with van der Waals surface area (Å²) in [6.07, 6.45) is 1.47. The molecule has 3 rings (SSSR count). The number of aromatic nitrogens is 1. The van der Waals surface area contributed by atoms with Crippen LogP contribution in [0.2, 0.25) is 0 Å². The molecule has 1 aromatic heterocycles. The van der Waals surface area contributed by atoms with Gasteiger partial charge in [-0.2, -0.15) is 0 Å². The number of ether oxygens (including phenoxy) is 1. The minimum atomic E-state index is -0.508. The molecule has 1 aromatic carbocycles. The van der Waals surface area contributed by atoms with Crippen LogP contribution in [0.15, 0.2) is 29.6 Å². The van der Waals surface area contributed by atoms with Gasteiger partial charge in [-0.15, -0.1) is 11.3 Å². The Morgan fingerprint density at radius 2 is 2.04 bits per heavy atom. The van der Waals surface area contributed by atoms with Gasteiger partial charge in [0.2, 0.25) is 5.91 Å². The lowest BCUT2D eigenvalue weighted by Gasteiger charge is -2.32. The second kappa shape index (κ2) is 8.97. The minimum Gasteiger partial charge on any atom is -0.461 e. The topological polar surface area (TPSA) is 88.6 Å². The first kappa shape index (κ1) is 20.0. The highest BCUT2D eigenvalue weighted by atomic mass is 32.1. The van der Waals surface area contributed by atoms with Crippen LogP contribution in [-0.4, -0.2) is 47.4 Å². The summed E-state index contributed by atoms with van der Waals surface area (Å²) in [7, 11) is 0. The Bertz CT molecular complexity index is 863. The Hall–Kier alpha value is -2.74. The van der Waals surface area contributed by atoms with Crippen molar-refractivity contribution in [3.05, 3.63) is 46.5 Å². The van der Waals surface area contributed by atoms with Gasteiger partial charge in [0.05, 0.1) is 12.5 Å². The average molecular weight is 401 g/mol. The number of aryl methyl sites for hydroxylation is 1. The number of hydrogen-bond acceptors (Lipinski definition) is 6. The third kappa shape index (κ3) is 4.75. The fourth-order valence-electron chi connectivity index (χ4n) is 3.09. The van der Waals surface area contributed by atoms with Crippen molar-refractivity contribution in [1.29, 1.82) is 0 Å². The molecular formula is C20H23N3O4S. The smallest absolute Gasteiger partial charge is 0.357 e. The molecule has 0 radical (unpaired) electrons. The number of carbonyl (C=O) groups is 3. The van der Waals surface area contributed by atoms with Crippen LogP contribution in [0.4, 0.5) is 5.13 Å². The number of hydrogen-bond donors (Lipinski definition) is 1. The van der Waals surface area contributed by atoms with Gasteiger partial charge in [0.1, 0.15) is 0 Å². The Morgan fingerprint density at radius 3 is 2.75 bits per heavy atom. The summed E-state index contributed by atoms with van der Waals surface area (Å²) in [5.41, 5.74) is 1.91. The van der Waals surface area contributed by atoms with Crippen molar-refractivity contribution in [2.75, 3.05) is 25.0 Å². The number of thiazole rings is 1. The monoisotopic (exact) mass is 401 g/mol. The number of esters is 1. The van der Waals surface area contributed by atoms with Gasteiger partial charge in [-0.05, 0) is 38.8 Å². The third-order valence-corrected chi connectivity index (χ3v) is 5.35. The number of benzene rings is 1. The first-order valence-corrected chi connectivity index (χ1v) is 10.2. The average Bonchev–Trinajstić information content (AvgIpc) is 3.17. The van der Waals surface area contributed by atoms with E-state index in [9.17, 15) is 14.4 Å². The maximum absolute atomic E-state index is 12.7. The summed E-state index contributed by atoms with van der Waals surface area (Å²) < 4.78 is 4.90. The minimum absolute atomic E-state index is 0.0589. The summed E-state index contributed by atoms with van der Waals surface area (Å²) in [6, 6.07) is 7.44. The molecule has 1 aliphatic rings. The van der Waals surface area contributed by atoms with E-state index in [2.05, 4.69) is 10.3 Å². The van der Waals surface area contributed by atoms with Crippen molar-refractivity contribution in [2.45, 2.75) is 26.7 Å². The SMILES string of the molecule is CCOC(=O)c1csc(NC(=O)[C@@H]2CCCN(C(=O)c3ccc(C)cc3)C2)n1. The van der Waals surface area contributed by atoms with Crippen molar-refractivity contribution in [3.63, 3.8) is 0 Å². The molecule has 2 aromatic rings. The molecule has 0 unspecified atom stereocenters. The lowest BCUT2D eigenvalue weighted by molar-refractivity contribution is -0.121. The molecule has 2 amide bonds. The Labute approximate surface area is 167 Å². The molecule has 2 heterocycles. The van der Waals surface area contributed by atoms with Crippen molar-refractivity contribution in [1.82, 2.24) is 9.88 Å². The van der Waals surface area contributed by atoms with Gasteiger partial charge in [0, 0.05) is 24.0 Å². The zero-order chi connectivity index (χ0) is 20.1. The van der Waals surface area contributed by atoms with Gasteiger partial charge in [0.15, 0.2) is 10.8 Å². The molecule has 28 heavy (non-hydrogen) atoms. The number of likely N-dealkylation sites (tertiary alicyclic amines) is 1. The van der Waals surface area contributed by atoms with Crippen LogP contribution >= 0.6 is 11.3 Å². The van der Waals surface area contributed by atoms with Crippen molar-refractivity contribution < 1.29 is 19.1 Å². The van der Waals surface area contributed by atoms with E-state index in [4.69, 9.17) is 4.74 Å². The van der Waals surface area contributed by atoms with Gasteiger partial charge in [-0.1, -0.05) is 17.7 Å². The molecule has 7 nitrogen and oxygen atoms in total. The largest absolute Gasteiger partial charge is 0.461 e. The summed E-state index contributed by atoms with van der Waals surface area (Å²) in [5, 5.41) is 4.67. The number of nitrogens with one attached hydrogen (secondary N) is 1. The highest BCUT2D eigenvalue weighted by Crippen LogP contribution is 2.22. The van der Waals surface area contributed by atoms with Crippen molar-refractivity contribution in [3.8, 4) is 0 Å². The number of nitrogens with zero attached hydrogens (tertiary/aromatic N) is 2. The zero-order valence-corrected chi connectivity index (χ0v) is 16.8. The number of piperidine rings is 1. The third-order valence-electron chi connectivity index (χ3n) is 4.60. The van der Waals surface area contributed by atoms with E-state index in [1.807, 2.05) is 31.2 Å². The Kier molecular flexibility index (Phi) is 6.41. The maximum Gasteiger partial charge on any atom is 0.357 e. The van der Waals surface area contributed by atoms with E-state index in [0.29, 0.717) is 30.2 Å². The number of amides is 2. The number of rotatable bonds is 5. The van der Waals surface area contributed by atoms with Crippen LogP contribution in [0.3, 0.4) is 0 Å². The summed E-state index contributed by atoms with van der Waals surface area (Å²) in [6.45, 7) is 4.97. The molecule has 8 heteroatoms. The molecule has 148 valence electrons. The zero-order valence-electron chi connectivity index (χ0n) is 15.9. The van der Waals surface area contributed by atoms with Crippen LogP contribution in [0.5, 0.6) is 0 Å². The second-order valence-corrected chi connectivity index (χ2v) is 7.56. The predicted octanol–water partition coefficient (Wildman–Crippen LogP) is 3.12.